The predicted molar refractivity (Wildman–Crippen MR) is 88.6 cm³/mol. The maximum atomic E-state index is 12.1. The molecule has 0 spiro atoms. The number of carbonyl (C=O) groups is 1. The Morgan fingerprint density at radius 3 is 3.00 bits per heavy atom. The molecule has 2 aromatic rings. The van der Waals surface area contributed by atoms with Crippen LogP contribution >= 0.6 is 0 Å². The van der Waals surface area contributed by atoms with Crippen LogP contribution < -0.4 is 11.1 Å². The molecule has 1 aliphatic carbocycles. The van der Waals surface area contributed by atoms with Gasteiger partial charge in [-0.05, 0) is 37.9 Å². The first kappa shape index (κ1) is 15.1. The van der Waals surface area contributed by atoms with Crippen molar-refractivity contribution in [3.05, 3.63) is 36.0 Å². The van der Waals surface area contributed by atoms with E-state index < -0.39 is 6.04 Å². The minimum absolute atomic E-state index is 0.0746. The topological polar surface area (TPSA) is 74.2 Å². The monoisotopic (exact) mass is 300 g/mol. The minimum atomic E-state index is -0.509. The normalized spacial score (nSPS) is 16.1. The van der Waals surface area contributed by atoms with Crippen molar-refractivity contribution in [2.24, 2.45) is 5.73 Å². The van der Waals surface area contributed by atoms with E-state index in [4.69, 9.17) is 5.73 Å². The molecule has 1 heterocycles. The fourth-order valence-corrected chi connectivity index (χ4v) is 2.81. The summed E-state index contributed by atoms with van der Waals surface area (Å²) in [6, 6.07) is 8.28. The van der Waals surface area contributed by atoms with Gasteiger partial charge in [0.05, 0.1) is 6.04 Å². The van der Waals surface area contributed by atoms with Crippen LogP contribution in [0.5, 0.6) is 0 Å². The number of fused-ring (bicyclic) bond motifs is 1. The maximum Gasteiger partial charge on any atom is 0.237 e. The summed E-state index contributed by atoms with van der Waals surface area (Å²) in [7, 11) is 2.11. The fourth-order valence-electron chi connectivity index (χ4n) is 2.81. The Labute approximate surface area is 130 Å². The number of para-hydroxylation sites is 1. The smallest absolute Gasteiger partial charge is 0.237 e. The Balaban J connectivity index is 1.50. The number of carbonyl (C=O) groups excluding carboxylic acids is 1. The quantitative estimate of drug-likeness (QED) is 0.720. The van der Waals surface area contributed by atoms with Crippen LogP contribution in [0.25, 0.3) is 10.9 Å². The first-order valence-corrected chi connectivity index (χ1v) is 7.93. The molecule has 3 rings (SSSR count). The molecule has 1 amide bonds. The standard InChI is InChI=1S/C17H24N4O/c1-21(13-6-7-13)9-8-19-17(22)15(18)10-12-11-20-16-5-3-2-4-14(12)16/h2-5,11,13,15,20H,6-10,18H2,1H3,(H,19,22)/t15-/m0/s1. The number of H-pyrrole nitrogens is 1. The largest absolute Gasteiger partial charge is 0.361 e. The van der Waals surface area contributed by atoms with Crippen molar-refractivity contribution in [1.82, 2.24) is 15.2 Å². The summed E-state index contributed by atoms with van der Waals surface area (Å²) >= 11 is 0. The molecule has 22 heavy (non-hydrogen) atoms. The highest BCUT2D eigenvalue weighted by Gasteiger charge is 2.25. The van der Waals surface area contributed by atoms with Gasteiger partial charge in [-0.3, -0.25) is 4.79 Å². The van der Waals surface area contributed by atoms with Crippen molar-refractivity contribution in [2.45, 2.75) is 31.3 Å². The molecule has 1 aromatic heterocycles. The lowest BCUT2D eigenvalue weighted by molar-refractivity contribution is -0.122. The highest BCUT2D eigenvalue weighted by molar-refractivity contribution is 5.86. The summed E-state index contributed by atoms with van der Waals surface area (Å²) in [5.41, 5.74) is 8.22. The van der Waals surface area contributed by atoms with Crippen molar-refractivity contribution in [3.63, 3.8) is 0 Å². The molecule has 1 aromatic carbocycles. The first-order chi connectivity index (χ1) is 10.6. The van der Waals surface area contributed by atoms with Gasteiger partial charge < -0.3 is 20.9 Å². The van der Waals surface area contributed by atoms with Gasteiger partial charge in [0.2, 0.25) is 5.91 Å². The molecule has 1 fully saturated rings. The van der Waals surface area contributed by atoms with Gasteiger partial charge in [-0.25, -0.2) is 0 Å². The molecule has 118 valence electrons. The minimum Gasteiger partial charge on any atom is -0.361 e. The molecular weight excluding hydrogens is 276 g/mol. The molecule has 1 aliphatic rings. The van der Waals surface area contributed by atoms with Crippen molar-refractivity contribution < 1.29 is 4.79 Å². The van der Waals surface area contributed by atoms with E-state index in [1.54, 1.807) is 0 Å². The van der Waals surface area contributed by atoms with Crippen LogP contribution in [0.4, 0.5) is 0 Å². The van der Waals surface area contributed by atoms with E-state index in [2.05, 4.69) is 28.3 Å². The van der Waals surface area contributed by atoms with Gasteiger partial charge in [0, 0.05) is 36.2 Å². The van der Waals surface area contributed by atoms with Gasteiger partial charge in [-0.2, -0.15) is 0 Å². The van der Waals surface area contributed by atoms with Crippen LogP contribution in [0.3, 0.4) is 0 Å². The molecule has 0 unspecified atom stereocenters. The first-order valence-electron chi connectivity index (χ1n) is 7.93. The molecule has 0 saturated heterocycles. The third-order valence-corrected chi connectivity index (χ3v) is 4.39. The number of nitrogens with two attached hydrogens (primary N) is 1. The highest BCUT2D eigenvalue weighted by atomic mass is 16.2. The molecule has 1 atom stereocenters. The highest BCUT2D eigenvalue weighted by Crippen LogP contribution is 2.24. The second kappa shape index (κ2) is 6.50. The second-order valence-electron chi connectivity index (χ2n) is 6.17. The molecule has 1 saturated carbocycles. The van der Waals surface area contributed by atoms with Crippen LogP contribution in [0.2, 0.25) is 0 Å². The van der Waals surface area contributed by atoms with E-state index >= 15 is 0 Å². The summed E-state index contributed by atoms with van der Waals surface area (Å²) in [5.74, 6) is -0.0746. The van der Waals surface area contributed by atoms with Crippen molar-refractivity contribution >= 4 is 16.8 Å². The average Bonchev–Trinajstić information content (AvgIpc) is 3.30. The number of hydrogen-bond acceptors (Lipinski definition) is 3. The van der Waals surface area contributed by atoms with E-state index in [0.717, 1.165) is 29.1 Å². The van der Waals surface area contributed by atoms with Gasteiger partial charge in [0.15, 0.2) is 0 Å². The number of aromatic nitrogens is 1. The lowest BCUT2D eigenvalue weighted by Gasteiger charge is -2.17. The lowest BCUT2D eigenvalue weighted by Crippen LogP contribution is -2.44. The molecule has 5 heteroatoms. The number of nitrogens with zero attached hydrogens (tertiary/aromatic N) is 1. The van der Waals surface area contributed by atoms with E-state index in [1.807, 2.05) is 24.4 Å². The molecule has 4 N–H and O–H groups in total. The zero-order chi connectivity index (χ0) is 15.5. The summed E-state index contributed by atoms with van der Waals surface area (Å²) < 4.78 is 0. The number of amides is 1. The molecule has 0 bridgehead atoms. The zero-order valence-electron chi connectivity index (χ0n) is 13.0. The van der Waals surface area contributed by atoms with Crippen LogP contribution in [0, 0.1) is 0 Å². The molecular formula is C17H24N4O. The SMILES string of the molecule is CN(CCNC(=O)[C@@H](N)Cc1c[nH]c2ccccc12)C1CC1. The Bertz CT molecular complexity index is 647. The lowest BCUT2D eigenvalue weighted by atomic mass is 10.1. The van der Waals surface area contributed by atoms with E-state index in [9.17, 15) is 4.79 Å². The number of aromatic amines is 1. The zero-order valence-corrected chi connectivity index (χ0v) is 13.0. The third-order valence-electron chi connectivity index (χ3n) is 4.39. The van der Waals surface area contributed by atoms with Crippen molar-refractivity contribution in [2.75, 3.05) is 20.1 Å². The fraction of sp³-hybridized carbons (Fsp3) is 0.471. The molecule has 5 nitrogen and oxygen atoms in total. The van der Waals surface area contributed by atoms with Crippen molar-refractivity contribution in [3.8, 4) is 0 Å². The number of likely N-dealkylation sites (N-methyl/N-ethyl adjacent to an activating group) is 1. The maximum absolute atomic E-state index is 12.1. The average molecular weight is 300 g/mol. The second-order valence-corrected chi connectivity index (χ2v) is 6.17. The number of benzene rings is 1. The van der Waals surface area contributed by atoms with Crippen LogP contribution in [-0.4, -0.2) is 48.0 Å². The Morgan fingerprint density at radius 2 is 2.23 bits per heavy atom. The van der Waals surface area contributed by atoms with Gasteiger partial charge in [-0.15, -0.1) is 0 Å². The van der Waals surface area contributed by atoms with Gasteiger partial charge in [0.25, 0.3) is 0 Å². The number of nitrogens with one attached hydrogen (secondary N) is 2. The summed E-state index contributed by atoms with van der Waals surface area (Å²) in [4.78, 5) is 17.6. The number of rotatable bonds is 7. The van der Waals surface area contributed by atoms with Crippen molar-refractivity contribution in [1.29, 1.82) is 0 Å². The summed E-state index contributed by atoms with van der Waals surface area (Å²) in [5, 5.41) is 4.08. The van der Waals surface area contributed by atoms with E-state index in [1.165, 1.54) is 12.8 Å². The molecule has 0 aliphatic heterocycles. The van der Waals surface area contributed by atoms with Crippen LogP contribution in [0.1, 0.15) is 18.4 Å². The third kappa shape index (κ3) is 3.48. The Hall–Kier alpha value is -1.85. The molecule has 0 radical (unpaired) electrons. The van der Waals surface area contributed by atoms with Gasteiger partial charge in [-0.1, -0.05) is 18.2 Å². The predicted octanol–water partition coefficient (Wildman–Crippen LogP) is 1.25. The Kier molecular flexibility index (Phi) is 4.45. The van der Waals surface area contributed by atoms with Crippen LogP contribution in [-0.2, 0) is 11.2 Å². The van der Waals surface area contributed by atoms with Crippen LogP contribution in [0.15, 0.2) is 30.5 Å². The summed E-state index contributed by atoms with van der Waals surface area (Å²) in [6.45, 7) is 1.55. The number of hydrogen-bond donors (Lipinski definition) is 3. The Morgan fingerprint density at radius 1 is 1.45 bits per heavy atom. The summed E-state index contributed by atoms with van der Waals surface area (Å²) in [6.07, 6.45) is 5.06. The van der Waals surface area contributed by atoms with E-state index in [0.29, 0.717) is 13.0 Å². The van der Waals surface area contributed by atoms with Gasteiger partial charge >= 0.3 is 0 Å². The van der Waals surface area contributed by atoms with E-state index in [-0.39, 0.29) is 5.91 Å². The van der Waals surface area contributed by atoms with Gasteiger partial charge in [0.1, 0.15) is 0 Å².